The molecule has 13 heavy (non-hydrogen) atoms. The van der Waals surface area contributed by atoms with Crippen molar-refractivity contribution < 1.29 is 0 Å². The number of aromatic nitrogens is 1. The topological polar surface area (TPSA) is 37.0 Å². The van der Waals surface area contributed by atoms with Gasteiger partial charge in [-0.15, -0.1) is 0 Å². The van der Waals surface area contributed by atoms with Gasteiger partial charge < -0.3 is 10.6 Å². The van der Waals surface area contributed by atoms with E-state index in [1.165, 1.54) is 0 Å². The minimum Gasteiger partial charge on any atom is -0.314 e. The number of hydrogen-bond acceptors (Lipinski definition) is 3. The fourth-order valence-corrected chi connectivity index (χ4v) is 1.69. The summed E-state index contributed by atoms with van der Waals surface area (Å²) in [6.45, 7) is 3.03. The van der Waals surface area contributed by atoms with Crippen molar-refractivity contribution >= 4 is 15.9 Å². The summed E-state index contributed by atoms with van der Waals surface area (Å²) < 4.78 is 1.03. The van der Waals surface area contributed by atoms with Crippen LogP contribution in [0.25, 0.3) is 0 Å². The first-order chi connectivity index (χ1) is 6.36. The lowest BCUT2D eigenvalue weighted by molar-refractivity contribution is 0.423. The van der Waals surface area contributed by atoms with Crippen molar-refractivity contribution in [3.63, 3.8) is 0 Å². The second-order valence-electron chi connectivity index (χ2n) is 3.11. The van der Waals surface area contributed by atoms with E-state index >= 15 is 0 Å². The highest BCUT2D eigenvalue weighted by Gasteiger charge is 2.14. The minimum absolute atomic E-state index is 0.363. The number of rotatable bonds is 1. The fraction of sp³-hybridized carbons (Fsp3) is 0.444. The van der Waals surface area contributed by atoms with E-state index in [-0.39, 0.29) is 0 Å². The Bertz CT molecular complexity index is 267. The first kappa shape index (κ1) is 9.12. The predicted octanol–water partition coefficient (Wildman–Crippen LogP) is 1.08. The lowest BCUT2D eigenvalue weighted by Gasteiger charge is -2.23. The van der Waals surface area contributed by atoms with E-state index in [0.717, 1.165) is 29.8 Å². The summed E-state index contributed by atoms with van der Waals surface area (Å²) in [7, 11) is 0. The average Bonchev–Trinajstić information content (AvgIpc) is 2.20. The molecule has 0 amide bonds. The van der Waals surface area contributed by atoms with Crippen LogP contribution in [0.4, 0.5) is 0 Å². The van der Waals surface area contributed by atoms with Gasteiger partial charge in [0.1, 0.15) is 0 Å². The summed E-state index contributed by atoms with van der Waals surface area (Å²) in [4.78, 5) is 4.35. The maximum absolute atomic E-state index is 4.35. The monoisotopic (exact) mass is 241 g/mol. The molecule has 0 spiro atoms. The van der Waals surface area contributed by atoms with E-state index in [2.05, 4.69) is 37.6 Å². The molecule has 1 aliphatic heterocycles. The van der Waals surface area contributed by atoms with Crippen LogP contribution in [0, 0.1) is 0 Å². The average molecular weight is 242 g/mol. The zero-order valence-corrected chi connectivity index (χ0v) is 8.84. The van der Waals surface area contributed by atoms with E-state index in [1.807, 2.05) is 12.3 Å². The van der Waals surface area contributed by atoms with E-state index in [0.29, 0.717) is 6.04 Å². The second kappa shape index (κ2) is 4.17. The molecule has 1 aromatic rings. The smallest absolute Gasteiger partial charge is 0.0622 e. The van der Waals surface area contributed by atoms with Crippen LogP contribution in [0.1, 0.15) is 11.7 Å². The van der Waals surface area contributed by atoms with Crippen molar-refractivity contribution in [3.05, 3.63) is 28.5 Å². The van der Waals surface area contributed by atoms with Gasteiger partial charge in [0.15, 0.2) is 0 Å². The van der Waals surface area contributed by atoms with Crippen molar-refractivity contribution in [1.82, 2.24) is 15.6 Å². The van der Waals surface area contributed by atoms with Gasteiger partial charge in [0, 0.05) is 30.3 Å². The zero-order chi connectivity index (χ0) is 9.10. The zero-order valence-electron chi connectivity index (χ0n) is 7.26. The molecule has 1 aliphatic rings. The maximum atomic E-state index is 4.35. The number of nitrogens with zero attached hydrogens (tertiary/aromatic N) is 1. The van der Waals surface area contributed by atoms with Crippen LogP contribution in [0.3, 0.4) is 0 Å². The fourth-order valence-electron chi connectivity index (χ4n) is 1.46. The molecule has 70 valence electrons. The number of piperazine rings is 1. The summed E-state index contributed by atoms with van der Waals surface area (Å²) in [5.74, 6) is 0. The number of halogens is 1. The lowest BCUT2D eigenvalue weighted by atomic mass is 10.1. The van der Waals surface area contributed by atoms with Gasteiger partial charge in [0.05, 0.1) is 11.7 Å². The molecule has 2 N–H and O–H groups in total. The molecule has 0 unspecified atom stereocenters. The highest BCUT2D eigenvalue weighted by atomic mass is 79.9. The molecule has 1 atom stereocenters. The van der Waals surface area contributed by atoms with Crippen LogP contribution in [0.15, 0.2) is 22.8 Å². The summed E-state index contributed by atoms with van der Waals surface area (Å²) >= 11 is 3.37. The molecule has 1 fully saturated rings. The first-order valence-corrected chi connectivity index (χ1v) is 5.21. The van der Waals surface area contributed by atoms with Crippen LogP contribution in [0.2, 0.25) is 0 Å². The Balaban J connectivity index is 2.10. The van der Waals surface area contributed by atoms with Crippen LogP contribution in [-0.2, 0) is 0 Å². The summed E-state index contributed by atoms with van der Waals surface area (Å²) in [5, 5.41) is 6.75. The van der Waals surface area contributed by atoms with Crippen LogP contribution in [-0.4, -0.2) is 24.6 Å². The second-order valence-corrected chi connectivity index (χ2v) is 4.03. The van der Waals surface area contributed by atoms with Crippen molar-refractivity contribution in [2.24, 2.45) is 0 Å². The van der Waals surface area contributed by atoms with Crippen molar-refractivity contribution in [3.8, 4) is 0 Å². The van der Waals surface area contributed by atoms with Crippen molar-refractivity contribution in [1.29, 1.82) is 0 Å². The first-order valence-electron chi connectivity index (χ1n) is 4.42. The molecule has 2 rings (SSSR count). The predicted molar refractivity (Wildman–Crippen MR) is 55.6 cm³/mol. The Hall–Kier alpha value is -0.450. The van der Waals surface area contributed by atoms with Crippen LogP contribution >= 0.6 is 15.9 Å². The van der Waals surface area contributed by atoms with Gasteiger partial charge >= 0.3 is 0 Å². The summed E-state index contributed by atoms with van der Waals surface area (Å²) in [6.07, 6.45) is 1.84. The third-order valence-corrected chi connectivity index (χ3v) is 2.62. The van der Waals surface area contributed by atoms with Gasteiger partial charge in [-0.1, -0.05) is 0 Å². The molecule has 0 aromatic carbocycles. The number of pyridine rings is 1. The van der Waals surface area contributed by atoms with E-state index in [9.17, 15) is 0 Å². The minimum atomic E-state index is 0.363. The Morgan fingerprint density at radius 3 is 2.92 bits per heavy atom. The largest absolute Gasteiger partial charge is 0.314 e. The quantitative estimate of drug-likeness (QED) is 0.773. The molecule has 4 heteroatoms. The van der Waals surface area contributed by atoms with Gasteiger partial charge in [-0.25, -0.2) is 0 Å². The van der Waals surface area contributed by atoms with Gasteiger partial charge in [0.2, 0.25) is 0 Å². The number of hydrogen-bond donors (Lipinski definition) is 2. The Morgan fingerprint density at radius 1 is 1.38 bits per heavy atom. The van der Waals surface area contributed by atoms with E-state index in [4.69, 9.17) is 0 Å². The van der Waals surface area contributed by atoms with Crippen molar-refractivity contribution in [2.45, 2.75) is 6.04 Å². The van der Waals surface area contributed by atoms with E-state index in [1.54, 1.807) is 0 Å². The Labute approximate surface area is 86.1 Å². The molecule has 1 aromatic heterocycles. The SMILES string of the molecule is Brc1ccc([C@@H]2CNCCN2)nc1. The van der Waals surface area contributed by atoms with Gasteiger partial charge in [-0.3, -0.25) is 4.98 Å². The third-order valence-electron chi connectivity index (χ3n) is 2.15. The Morgan fingerprint density at radius 2 is 2.31 bits per heavy atom. The van der Waals surface area contributed by atoms with Crippen LogP contribution in [0.5, 0.6) is 0 Å². The highest BCUT2D eigenvalue weighted by molar-refractivity contribution is 9.10. The molecular formula is C9H12BrN3. The normalized spacial score (nSPS) is 23.0. The van der Waals surface area contributed by atoms with Gasteiger partial charge in [-0.05, 0) is 28.1 Å². The Kier molecular flexibility index (Phi) is 2.93. The van der Waals surface area contributed by atoms with Gasteiger partial charge in [0.25, 0.3) is 0 Å². The molecule has 0 aliphatic carbocycles. The maximum Gasteiger partial charge on any atom is 0.0622 e. The summed E-state index contributed by atoms with van der Waals surface area (Å²) in [6, 6.07) is 4.44. The molecule has 0 radical (unpaired) electrons. The third kappa shape index (κ3) is 2.27. The lowest BCUT2D eigenvalue weighted by Crippen LogP contribution is -2.42. The molecule has 1 saturated heterocycles. The molecule has 0 bridgehead atoms. The van der Waals surface area contributed by atoms with E-state index < -0.39 is 0 Å². The van der Waals surface area contributed by atoms with Gasteiger partial charge in [-0.2, -0.15) is 0 Å². The molecule has 2 heterocycles. The van der Waals surface area contributed by atoms with Crippen LogP contribution < -0.4 is 10.6 Å². The highest BCUT2D eigenvalue weighted by Crippen LogP contribution is 2.13. The molecule has 0 saturated carbocycles. The molecule has 3 nitrogen and oxygen atoms in total. The van der Waals surface area contributed by atoms with Crippen molar-refractivity contribution in [2.75, 3.05) is 19.6 Å². The number of nitrogens with one attached hydrogen (secondary N) is 2. The summed E-state index contributed by atoms with van der Waals surface area (Å²) in [5.41, 5.74) is 1.11. The molecular weight excluding hydrogens is 230 g/mol. The standard InChI is InChI=1S/C9H12BrN3/c10-7-1-2-8(13-5-7)9-6-11-3-4-12-9/h1-2,5,9,11-12H,3-4,6H2/t9-/m0/s1.